The molecule has 0 aliphatic heterocycles. The van der Waals surface area contributed by atoms with Crippen molar-refractivity contribution in [3.63, 3.8) is 0 Å². The van der Waals surface area contributed by atoms with Gasteiger partial charge in [0.1, 0.15) is 0 Å². The van der Waals surface area contributed by atoms with Crippen molar-refractivity contribution in [1.82, 2.24) is 10.5 Å². The highest BCUT2D eigenvalue weighted by molar-refractivity contribution is 5.93. The first-order chi connectivity index (χ1) is 6.77. The van der Waals surface area contributed by atoms with Crippen molar-refractivity contribution in [3.8, 4) is 0 Å². The Balaban J connectivity index is 2.69. The molecule has 0 atom stereocenters. The Bertz CT molecular complexity index is 315. The molecule has 0 unspecified atom stereocenters. The summed E-state index contributed by atoms with van der Waals surface area (Å²) in [5.41, 5.74) is 8.86. The lowest BCUT2D eigenvalue weighted by Gasteiger charge is -2.04. The lowest BCUT2D eigenvalue weighted by Crippen LogP contribution is -2.23. The number of carbonyl (C=O) groups is 1. The van der Waals surface area contributed by atoms with Gasteiger partial charge in [0.25, 0.3) is 5.91 Å². The molecule has 3 N–H and O–H groups in total. The fourth-order valence-electron chi connectivity index (χ4n) is 0.928. The molecule has 0 saturated carbocycles. The van der Waals surface area contributed by atoms with Gasteiger partial charge in [-0.05, 0) is 19.1 Å². The van der Waals surface area contributed by atoms with Crippen molar-refractivity contribution in [1.29, 1.82) is 0 Å². The number of hydroxylamine groups is 1. The number of hydrogen-bond donors (Lipinski definition) is 2. The predicted octanol–water partition coefficient (Wildman–Crippen LogP) is 0.222. The summed E-state index contributed by atoms with van der Waals surface area (Å²) < 4.78 is 0. The summed E-state index contributed by atoms with van der Waals surface area (Å²) in [5.74, 6) is -0.288. The Kier molecular flexibility index (Phi) is 4.03. The fraction of sp³-hybridized carbons (Fsp3) is 0.333. The molecular weight excluding hydrogens is 182 g/mol. The molecule has 0 fully saturated rings. The number of nitrogens with zero attached hydrogens (tertiary/aromatic N) is 1. The molecule has 0 spiro atoms. The minimum atomic E-state index is -0.288. The Labute approximate surface area is 82.2 Å². The Morgan fingerprint density at radius 1 is 1.71 bits per heavy atom. The van der Waals surface area contributed by atoms with E-state index in [9.17, 15) is 4.79 Å². The molecule has 1 aromatic rings. The fourth-order valence-corrected chi connectivity index (χ4v) is 0.928. The van der Waals surface area contributed by atoms with Gasteiger partial charge >= 0.3 is 0 Å². The summed E-state index contributed by atoms with van der Waals surface area (Å²) >= 11 is 0. The Hall–Kier alpha value is -1.46. The molecule has 76 valence electrons. The summed E-state index contributed by atoms with van der Waals surface area (Å²) in [7, 11) is 0. The Morgan fingerprint density at radius 2 is 2.50 bits per heavy atom. The molecule has 0 aliphatic rings. The summed E-state index contributed by atoms with van der Waals surface area (Å²) in [6.45, 7) is 2.54. The molecular formula is C9H13N3O2. The van der Waals surface area contributed by atoms with Crippen LogP contribution < -0.4 is 11.2 Å². The first-order valence-electron chi connectivity index (χ1n) is 4.35. The van der Waals surface area contributed by atoms with Crippen molar-refractivity contribution in [2.75, 3.05) is 6.61 Å². The van der Waals surface area contributed by atoms with Crippen LogP contribution in [-0.4, -0.2) is 17.5 Å². The second-order valence-corrected chi connectivity index (χ2v) is 2.60. The van der Waals surface area contributed by atoms with E-state index in [4.69, 9.17) is 10.6 Å². The van der Waals surface area contributed by atoms with Gasteiger partial charge in [-0.3, -0.25) is 14.6 Å². The van der Waals surface area contributed by atoms with Gasteiger partial charge in [0, 0.05) is 18.3 Å². The van der Waals surface area contributed by atoms with Crippen molar-refractivity contribution in [2.45, 2.75) is 13.5 Å². The first kappa shape index (κ1) is 10.6. The first-order valence-corrected chi connectivity index (χ1v) is 4.35. The van der Waals surface area contributed by atoms with E-state index in [-0.39, 0.29) is 5.91 Å². The van der Waals surface area contributed by atoms with Crippen molar-refractivity contribution in [2.24, 2.45) is 5.73 Å². The number of pyridine rings is 1. The van der Waals surface area contributed by atoms with Gasteiger partial charge < -0.3 is 5.73 Å². The zero-order chi connectivity index (χ0) is 10.4. The van der Waals surface area contributed by atoms with Crippen LogP contribution >= 0.6 is 0 Å². The number of amides is 1. The maximum atomic E-state index is 11.4. The second kappa shape index (κ2) is 5.31. The van der Waals surface area contributed by atoms with Gasteiger partial charge in [0.15, 0.2) is 0 Å². The third-order valence-corrected chi connectivity index (χ3v) is 1.60. The average molecular weight is 195 g/mol. The highest BCUT2D eigenvalue weighted by Gasteiger charge is 2.05. The standard InChI is InChI=1S/C9H13N3O2/c1-2-14-12-9(13)7-3-4-11-8(5-7)6-10/h3-5H,2,6,10H2,1H3,(H,12,13). The maximum Gasteiger partial charge on any atom is 0.274 e. The predicted molar refractivity (Wildman–Crippen MR) is 51.2 cm³/mol. The monoisotopic (exact) mass is 195 g/mol. The molecule has 14 heavy (non-hydrogen) atoms. The van der Waals surface area contributed by atoms with Crippen LogP contribution in [0.4, 0.5) is 0 Å². The maximum absolute atomic E-state index is 11.4. The molecule has 1 aromatic heterocycles. The molecule has 0 saturated heterocycles. The third-order valence-electron chi connectivity index (χ3n) is 1.60. The molecule has 5 nitrogen and oxygen atoms in total. The number of rotatable bonds is 4. The van der Waals surface area contributed by atoms with Crippen molar-refractivity contribution in [3.05, 3.63) is 29.6 Å². The van der Waals surface area contributed by atoms with Gasteiger partial charge in [-0.2, -0.15) is 0 Å². The molecule has 1 heterocycles. The van der Waals surface area contributed by atoms with Gasteiger partial charge in [0.05, 0.1) is 12.3 Å². The third kappa shape index (κ3) is 2.79. The summed E-state index contributed by atoms with van der Waals surface area (Å²) in [6, 6.07) is 3.24. The highest BCUT2D eigenvalue weighted by Crippen LogP contribution is 2.00. The SMILES string of the molecule is CCONC(=O)c1ccnc(CN)c1. The lowest BCUT2D eigenvalue weighted by molar-refractivity contribution is 0.0364. The van der Waals surface area contributed by atoms with Crippen LogP contribution in [0.5, 0.6) is 0 Å². The van der Waals surface area contributed by atoms with Crippen molar-refractivity contribution >= 4 is 5.91 Å². The van der Waals surface area contributed by atoms with E-state index in [0.717, 1.165) is 0 Å². The zero-order valence-corrected chi connectivity index (χ0v) is 7.99. The normalized spacial score (nSPS) is 9.86. The van der Waals surface area contributed by atoms with Crippen LogP contribution in [-0.2, 0) is 11.4 Å². The van der Waals surface area contributed by atoms with Crippen LogP contribution in [0.25, 0.3) is 0 Å². The van der Waals surface area contributed by atoms with Crippen LogP contribution in [0, 0.1) is 0 Å². The smallest absolute Gasteiger partial charge is 0.274 e. The van der Waals surface area contributed by atoms with E-state index in [0.29, 0.717) is 24.4 Å². The number of aromatic nitrogens is 1. The van der Waals surface area contributed by atoms with Crippen LogP contribution in [0.1, 0.15) is 23.0 Å². The zero-order valence-electron chi connectivity index (χ0n) is 7.99. The van der Waals surface area contributed by atoms with Gasteiger partial charge in [-0.15, -0.1) is 0 Å². The molecule has 1 amide bonds. The Morgan fingerprint density at radius 3 is 3.14 bits per heavy atom. The van der Waals surface area contributed by atoms with E-state index < -0.39 is 0 Å². The van der Waals surface area contributed by atoms with Crippen LogP contribution in [0.2, 0.25) is 0 Å². The number of hydrogen-bond acceptors (Lipinski definition) is 4. The molecule has 0 radical (unpaired) electrons. The van der Waals surface area contributed by atoms with Gasteiger partial charge in [-0.1, -0.05) is 0 Å². The minimum absolute atomic E-state index is 0.288. The average Bonchev–Trinajstić information content (AvgIpc) is 2.26. The largest absolute Gasteiger partial charge is 0.325 e. The van der Waals surface area contributed by atoms with E-state index >= 15 is 0 Å². The summed E-state index contributed by atoms with van der Waals surface area (Å²) in [5, 5.41) is 0. The molecule has 0 bridgehead atoms. The molecule has 0 aromatic carbocycles. The summed E-state index contributed by atoms with van der Waals surface area (Å²) in [4.78, 5) is 20.1. The number of carbonyl (C=O) groups excluding carboxylic acids is 1. The topological polar surface area (TPSA) is 77.2 Å². The van der Waals surface area contributed by atoms with E-state index in [1.807, 2.05) is 0 Å². The van der Waals surface area contributed by atoms with Crippen LogP contribution in [0.3, 0.4) is 0 Å². The molecule has 1 rings (SSSR count). The number of nitrogens with two attached hydrogens (primary N) is 1. The van der Waals surface area contributed by atoms with Gasteiger partial charge in [-0.25, -0.2) is 5.48 Å². The summed E-state index contributed by atoms with van der Waals surface area (Å²) in [6.07, 6.45) is 1.54. The highest BCUT2D eigenvalue weighted by atomic mass is 16.6. The van der Waals surface area contributed by atoms with E-state index in [2.05, 4.69) is 10.5 Å². The van der Waals surface area contributed by atoms with E-state index in [1.54, 1.807) is 25.3 Å². The quantitative estimate of drug-likeness (QED) is 0.674. The minimum Gasteiger partial charge on any atom is -0.325 e. The van der Waals surface area contributed by atoms with Crippen molar-refractivity contribution < 1.29 is 9.63 Å². The molecule has 5 heteroatoms. The molecule has 0 aliphatic carbocycles. The van der Waals surface area contributed by atoms with E-state index in [1.165, 1.54) is 0 Å². The lowest BCUT2D eigenvalue weighted by atomic mass is 10.2. The van der Waals surface area contributed by atoms with Crippen LogP contribution in [0.15, 0.2) is 18.3 Å². The van der Waals surface area contributed by atoms with Gasteiger partial charge in [0.2, 0.25) is 0 Å². The second-order valence-electron chi connectivity index (χ2n) is 2.60. The number of nitrogens with one attached hydrogen (secondary N) is 1.